The first-order chi connectivity index (χ1) is 12.1. The normalized spacial score (nSPS) is 16.4. The van der Waals surface area contributed by atoms with E-state index in [4.69, 9.17) is 8.94 Å². The lowest BCUT2D eigenvalue weighted by Gasteiger charge is -2.24. The van der Waals surface area contributed by atoms with E-state index in [9.17, 15) is 9.59 Å². The summed E-state index contributed by atoms with van der Waals surface area (Å²) in [5.74, 6) is 0.601. The molecule has 0 saturated heterocycles. The molecule has 1 aliphatic rings. The number of fused-ring (bicyclic) bond motifs is 1. The number of furan rings is 1. The van der Waals surface area contributed by atoms with E-state index in [1.54, 1.807) is 31.3 Å². The summed E-state index contributed by atoms with van der Waals surface area (Å²) in [7, 11) is 1.64. The summed E-state index contributed by atoms with van der Waals surface area (Å²) in [4.78, 5) is 24.1. The highest BCUT2D eigenvalue weighted by atomic mass is 16.5. The molecule has 0 aliphatic heterocycles. The summed E-state index contributed by atoms with van der Waals surface area (Å²) in [5.41, 5.74) is 1.84. The summed E-state index contributed by atoms with van der Waals surface area (Å²) in [6.07, 6.45) is 3.57. The lowest BCUT2D eigenvalue weighted by atomic mass is 9.92. The zero-order valence-corrected chi connectivity index (χ0v) is 13.6. The van der Waals surface area contributed by atoms with Crippen LogP contribution < -0.4 is 10.9 Å². The smallest absolute Gasteiger partial charge is 0.273 e. The highest BCUT2D eigenvalue weighted by molar-refractivity contribution is 5.93. The van der Waals surface area contributed by atoms with E-state index in [0.717, 1.165) is 17.7 Å². The number of carbonyl (C=O) groups excluding carboxylic acids is 1. The van der Waals surface area contributed by atoms with E-state index in [2.05, 4.69) is 15.6 Å². The van der Waals surface area contributed by atoms with Crippen LogP contribution in [0.1, 0.15) is 28.2 Å². The number of amides is 1. The van der Waals surface area contributed by atoms with Crippen molar-refractivity contribution in [1.29, 1.82) is 0 Å². The average molecular weight is 340 g/mol. The summed E-state index contributed by atoms with van der Waals surface area (Å²) in [5, 5.41) is 11.0. The minimum atomic E-state index is -0.313. The number of hydrogen-bond donors (Lipinski definition) is 1. The minimum absolute atomic E-state index is 0.0716. The van der Waals surface area contributed by atoms with Crippen molar-refractivity contribution < 1.29 is 13.7 Å². The maximum atomic E-state index is 12.4. The van der Waals surface area contributed by atoms with Gasteiger partial charge in [-0.05, 0) is 37.0 Å². The van der Waals surface area contributed by atoms with E-state index in [1.165, 1.54) is 10.9 Å². The van der Waals surface area contributed by atoms with Crippen LogP contribution in [0.2, 0.25) is 0 Å². The second kappa shape index (κ2) is 6.04. The molecule has 0 saturated carbocycles. The number of rotatable bonds is 3. The topological polar surface area (TPSA) is 103 Å². The second-order valence-electron chi connectivity index (χ2n) is 6.05. The van der Waals surface area contributed by atoms with Crippen molar-refractivity contribution in [1.82, 2.24) is 20.3 Å². The molecule has 0 bridgehead atoms. The van der Waals surface area contributed by atoms with Gasteiger partial charge in [0.1, 0.15) is 0 Å². The molecule has 0 aromatic carbocycles. The first kappa shape index (κ1) is 15.4. The molecule has 1 aliphatic carbocycles. The Labute approximate surface area is 142 Å². The Morgan fingerprint density at radius 2 is 2.24 bits per heavy atom. The Bertz CT molecular complexity index is 971. The Kier molecular flexibility index (Phi) is 3.72. The zero-order valence-electron chi connectivity index (χ0n) is 13.6. The van der Waals surface area contributed by atoms with Crippen LogP contribution in [0.4, 0.5) is 0 Å². The van der Waals surface area contributed by atoms with Gasteiger partial charge in [-0.3, -0.25) is 9.59 Å². The molecule has 128 valence electrons. The first-order valence-electron chi connectivity index (χ1n) is 7.98. The van der Waals surface area contributed by atoms with E-state index in [0.29, 0.717) is 24.4 Å². The fraction of sp³-hybridized carbons (Fsp3) is 0.294. The third-order valence-corrected chi connectivity index (χ3v) is 4.30. The number of carbonyl (C=O) groups is 1. The molecule has 1 N–H and O–H groups in total. The van der Waals surface area contributed by atoms with Crippen LogP contribution in [0.15, 0.2) is 44.3 Å². The predicted octanol–water partition coefficient (Wildman–Crippen LogP) is 1.32. The van der Waals surface area contributed by atoms with Crippen molar-refractivity contribution in [2.75, 3.05) is 0 Å². The van der Waals surface area contributed by atoms with E-state index in [-0.39, 0.29) is 23.2 Å². The van der Waals surface area contributed by atoms with Crippen LogP contribution in [0.3, 0.4) is 0 Å². The van der Waals surface area contributed by atoms with Gasteiger partial charge in [-0.25, -0.2) is 4.68 Å². The van der Waals surface area contributed by atoms with Crippen LogP contribution in [0.5, 0.6) is 0 Å². The lowest BCUT2D eigenvalue weighted by molar-refractivity contribution is 0.0924. The Hall–Kier alpha value is -3.16. The summed E-state index contributed by atoms with van der Waals surface area (Å²) >= 11 is 0. The van der Waals surface area contributed by atoms with Gasteiger partial charge in [-0.2, -0.15) is 5.10 Å². The molecule has 3 aromatic heterocycles. The zero-order chi connectivity index (χ0) is 17.4. The number of nitrogens with zero attached hydrogens (tertiary/aromatic N) is 3. The van der Waals surface area contributed by atoms with Crippen molar-refractivity contribution in [2.45, 2.75) is 25.3 Å². The molecule has 3 heterocycles. The van der Waals surface area contributed by atoms with Crippen molar-refractivity contribution in [3.63, 3.8) is 0 Å². The summed E-state index contributed by atoms with van der Waals surface area (Å²) in [6, 6.07) is 6.52. The molecule has 0 radical (unpaired) electrons. The molecular weight excluding hydrogens is 324 g/mol. The van der Waals surface area contributed by atoms with Crippen molar-refractivity contribution in [3.05, 3.63) is 57.8 Å². The summed E-state index contributed by atoms with van der Waals surface area (Å²) < 4.78 is 11.7. The van der Waals surface area contributed by atoms with Gasteiger partial charge < -0.3 is 14.3 Å². The summed E-state index contributed by atoms with van der Waals surface area (Å²) in [6.45, 7) is 0. The van der Waals surface area contributed by atoms with Crippen LogP contribution in [-0.2, 0) is 19.9 Å². The molecule has 0 spiro atoms. The third kappa shape index (κ3) is 2.98. The highest BCUT2D eigenvalue weighted by Gasteiger charge is 2.24. The minimum Gasteiger partial charge on any atom is -0.461 e. The fourth-order valence-corrected chi connectivity index (χ4v) is 2.99. The molecule has 1 atom stereocenters. The van der Waals surface area contributed by atoms with E-state index >= 15 is 0 Å². The third-order valence-electron chi connectivity index (χ3n) is 4.30. The second-order valence-corrected chi connectivity index (χ2v) is 6.05. The molecule has 8 nitrogen and oxygen atoms in total. The predicted molar refractivity (Wildman–Crippen MR) is 87.0 cm³/mol. The van der Waals surface area contributed by atoms with Gasteiger partial charge in [0.2, 0.25) is 5.76 Å². The maximum absolute atomic E-state index is 12.4. The Morgan fingerprint density at radius 1 is 1.36 bits per heavy atom. The molecule has 3 aromatic rings. The Balaban J connectivity index is 1.46. The lowest BCUT2D eigenvalue weighted by Crippen LogP contribution is -2.40. The quantitative estimate of drug-likeness (QED) is 0.771. The fourth-order valence-electron chi connectivity index (χ4n) is 2.99. The van der Waals surface area contributed by atoms with Gasteiger partial charge in [-0.1, -0.05) is 5.16 Å². The van der Waals surface area contributed by atoms with Gasteiger partial charge in [0, 0.05) is 25.2 Å². The molecule has 1 amide bonds. The van der Waals surface area contributed by atoms with Gasteiger partial charge in [0.15, 0.2) is 11.5 Å². The maximum Gasteiger partial charge on any atom is 0.273 e. The van der Waals surface area contributed by atoms with Gasteiger partial charge in [0.25, 0.3) is 11.5 Å². The van der Waals surface area contributed by atoms with Gasteiger partial charge in [0.05, 0.1) is 12.0 Å². The average Bonchev–Trinajstić information content (AvgIpc) is 3.27. The first-order valence-corrected chi connectivity index (χ1v) is 7.98. The van der Waals surface area contributed by atoms with Crippen LogP contribution in [0.25, 0.3) is 11.5 Å². The highest BCUT2D eigenvalue weighted by Crippen LogP contribution is 2.21. The van der Waals surface area contributed by atoms with Crippen molar-refractivity contribution >= 4 is 5.91 Å². The monoisotopic (exact) mass is 340 g/mol. The van der Waals surface area contributed by atoms with E-state index in [1.807, 2.05) is 0 Å². The number of nitrogens with one attached hydrogen (secondary N) is 1. The Morgan fingerprint density at radius 3 is 3.04 bits per heavy atom. The van der Waals surface area contributed by atoms with Crippen LogP contribution in [-0.4, -0.2) is 26.9 Å². The molecule has 25 heavy (non-hydrogen) atoms. The largest absolute Gasteiger partial charge is 0.461 e. The van der Waals surface area contributed by atoms with Crippen molar-refractivity contribution in [2.24, 2.45) is 7.05 Å². The van der Waals surface area contributed by atoms with E-state index < -0.39 is 0 Å². The van der Waals surface area contributed by atoms with Crippen LogP contribution >= 0.6 is 0 Å². The molecule has 0 fully saturated rings. The van der Waals surface area contributed by atoms with Crippen molar-refractivity contribution in [3.8, 4) is 11.5 Å². The van der Waals surface area contributed by atoms with Gasteiger partial charge >= 0.3 is 0 Å². The number of aryl methyl sites for hydroxylation is 2. The van der Waals surface area contributed by atoms with Gasteiger partial charge in [-0.15, -0.1) is 0 Å². The van der Waals surface area contributed by atoms with Crippen LogP contribution in [0, 0.1) is 0 Å². The number of aromatic nitrogens is 3. The standard InChI is InChI=1S/C17H16N4O4/c1-21-16(22)8-10-7-11(4-5-12(10)19-21)18-17(23)13-9-15(25-20-13)14-3-2-6-24-14/h2-3,6,8-9,11H,4-5,7H2,1H3,(H,18,23)/t11-/m0/s1. The molecular formula is C17H16N4O4. The molecule has 0 unspecified atom stereocenters. The number of hydrogen-bond acceptors (Lipinski definition) is 6. The molecule has 4 rings (SSSR count). The SMILES string of the molecule is Cn1nc2c(cc1=O)C[C@@H](NC(=O)c1cc(-c3ccco3)on1)CC2. The molecule has 8 heteroatoms.